The maximum absolute atomic E-state index is 12.6. The van der Waals surface area contributed by atoms with Gasteiger partial charge in [-0.25, -0.2) is 4.79 Å². The summed E-state index contributed by atoms with van der Waals surface area (Å²) in [6.45, 7) is 8.99. The molecule has 1 atom stereocenters. The van der Waals surface area contributed by atoms with Gasteiger partial charge in [-0.3, -0.25) is 9.48 Å². The van der Waals surface area contributed by atoms with E-state index in [2.05, 4.69) is 15.7 Å². The zero-order valence-corrected chi connectivity index (χ0v) is 14.4. The topological polar surface area (TPSA) is 79.3 Å². The molecule has 7 nitrogen and oxygen atoms in total. The van der Waals surface area contributed by atoms with Crippen LogP contribution in [0.5, 0.6) is 0 Å². The van der Waals surface area contributed by atoms with Crippen molar-refractivity contribution in [2.45, 2.75) is 46.7 Å². The predicted octanol–water partition coefficient (Wildman–Crippen LogP) is 1.32. The van der Waals surface area contributed by atoms with Crippen LogP contribution in [0.25, 0.3) is 0 Å². The highest BCUT2D eigenvalue weighted by molar-refractivity contribution is 5.98. The van der Waals surface area contributed by atoms with E-state index in [0.29, 0.717) is 17.8 Å². The summed E-state index contributed by atoms with van der Waals surface area (Å²) in [6.07, 6.45) is 0.824. The molecule has 1 unspecified atom stereocenters. The summed E-state index contributed by atoms with van der Waals surface area (Å²) in [7, 11) is 1.78. The monoisotopic (exact) mass is 319 g/mol. The van der Waals surface area contributed by atoms with Gasteiger partial charge in [0.05, 0.1) is 17.3 Å². The first-order valence-electron chi connectivity index (χ1n) is 7.84. The molecule has 1 aromatic heterocycles. The van der Waals surface area contributed by atoms with Gasteiger partial charge in [-0.05, 0) is 40.2 Å². The summed E-state index contributed by atoms with van der Waals surface area (Å²) in [6, 6.07) is 1.50. The largest absolute Gasteiger partial charge is 0.342 e. The number of nitrogens with one attached hydrogen (secondary N) is 2. The molecule has 2 N–H and O–H groups in total. The van der Waals surface area contributed by atoms with E-state index in [1.54, 1.807) is 18.9 Å². The SMILES string of the molecule is CC1=C(C(=O)N(C)CCCn2nc(C)cc2C)C(C)NC(=O)N1. The van der Waals surface area contributed by atoms with Crippen molar-refractivity contribution in [3.8, 4) is 0 Å². The molecule has 0 aliphatic carbocycles. The summed E-state index contributed by atoms with van der Waals surface area (Å²) in [4.78, 5) is 25.7. The van der Waals surface area contributed by atoms with Crippen LogP contribution >= 0.6 is 0 Å². The Morgan fingerprint density at radius 1 is 1.39 bits per heavy atom. The molecule has 0 aromatic carbocycles. The smallest absolute Gasteiger partial charge is 0.319 e. The number of likely N-dealkylation sites (N-methyl/N-ethyl adjacent to an activating group) is 1. The van der Waals surface area contributed by atoms with Crippen LogP contribution in [0.15, 0.2) is 17.3 Å². The molecule has 1 aliphatic rings. The van der Waals surface area contributed by atoms with Crippen molar-refractivity contribution in [2.24, 2.45) is 0 Å². The van der Waals surface area contributed by atoms with Gasteiger partial charge < -0.3 is 15.5 Å². The second-order valence-corrected chi connectivity index (χ2v) is 6.09. The highest BCUT2D eigenvalue weighted by Gasteiger charge is 2.28. The Balaban J connectivity index is 1.94. The number of carbonyl (C=O) groups excluding carboxylic acids is 2. The highest BCUT2D eigenvalue weighted by atomic mass is 16.2. The second kappa shape index (κ2) is 6.85. The molecule has 0 fully saturated rings. The van der Waals surface area contributed by atoms with Crippen LogP contribution in [0.4, 0.5) is 4.79 Å². The van der Waals surface area contributed by atoms with Crippen molar-refractivity contribution >= 4 is 11.9 Å². The van der Waals surface area contributed by atoms with Gasteiger partial charge in [0.2, 0.25) is 0 Å². The fourth-order valence-corrected chi connectivity index (χ4v) is 2.88. The molecule has 126 valence electrons. The number of aromatic nitrogens is 2. The van der Waals surface area contributed by atoms with Crippen molar-refractivity contribution < 1.29 is 9.59 Å². The third-order valence-corrected chi connectivity index (χ3v) is 4.03. The first kappa shape index (κ1) is 17.1. The van der Waals surface area contributed by atoms with Gasteiger partial charge in [0.25, 0.3) is 5.91 Å². The number of carbonyl (C=O) groups is 2. The Morgan fingerprint density at radius 3 is 2.65 bits per heavy atom. The maximum atomic E-state index is 12.6. The average molecular weight is 319 g/mol. The molecule has 23 heavy (non-hydrogen) atoms. The molecule has 2 heterocycles. The Morgan fingerprint density at radius 2 is 2.09 bits per heavy atom. The van der Waals surface area contributed by atoms with Gasteiger partial charge in [-0.15, -0.1) is 0 Å². The molecule has 0 saturated carbocycles. The van der Waals surface area contributed by atoms with Gasteiger partial charge in [0, 0.05) is 31.5 Å². The van der Waals surface area contributed by atoms with Crippen LogP contribution in [0.3, 0.4) is 0 Å². The van der Waals surface area contributed by atoms with Crippen LogP contribution in [0, 0.1) is 13.8 Å². The Bertz CT molecular complexity index is 647. The first-order valence-corrected chi connectivity index (χ1v) is 7.84. The van der Waals surface area contributed by atoms with E-state index in [-0.39, 0.29) is 18.0 Å². The lowest BCUT2D eigenvalue weighted by Crippen LogP contribution is -2.50. The van der Waals surface area contributed by atoms with Crippen molar-refractivity contribution in [1.29, 1.82) is 0 Å². The second-order valence-electron chi connectivity index (χ2n) is 6.09. The third kappa shape index (κ3) is 3.91. The zero-order valence-electron chi connectivity index (χ0n) is 14.4. The molecule has 0 saturated heterocycles. The minimum Gasteiger partial charge on any atom is -0.342 e. The number of hydrogen-bond acceptors (Lipinski definition) is 3. The van der Waals surface area contributed by atoms with Crippen molar-refractivity contribution in [3.05, 3.63) is 28.7 Å². The van der Waals surface area contributed by atoms with Crippen molar-refractivity contribution in [1.82, 2.24) is 25.3 Å². The van der Waals surface area contributed by atoms with Crippen LogP contribution in [0.1, 0.15) is 31.7 Å². The number of aryl methyl sites for hydroxylation is 3. The molecule has 7 heteroatoms. The normalized spacial score (nSPS) is 17.8. The quantitative estimate of drug-likeness (QED) is 0.859. The number of allylic oxidation sites excluding steroid dienone is 1. The van der Waals surface area contributed by atoms with Gasteiger partial charge in [0.15, 0.2) is 0 Å². The van der Waals surface area contributed by atoms with E-state index in [4.69, 9.17) is 0 Å². The van der Waals surface area contributed by atoms with E-state index < -0.39 is 0 Å². The minimum absolute atomic E-state index is 0.0594. The average Bonchev–Trinajstić information content (AvgIpc) is 2.75. The van der Waals surface area contributed by atoms with Gasteiger partial charge >= 0.3 is 6.03 Å². The molecule has 0 spiro atoms. The molecular formula is C16H25N5O2. The molecule has 3 amide bonds. The fraction of sp³-hybridized carbons (Fsp3) is 0.562. The Hall–Kier alpha value is -2.31. The molecule has 0 bridgehead atoms. The summed E-state index contributed by atoms with van der Waals surface area (Å²) in [5.41, 5.74) is 3.36. The summed E-state index contributed by atoms with van der Waals surface area (Å²) >= 11 is 0. The molecule has 1 aromatic rings. The summed E-state index contributed by atoms with van der Waals surface area (Å²) in [5.74, 6) is -0.0594. The Kier molecular flexibility index (Phi) is 5.08. The predicted molar refractivity (Wildman–Crippen MR) is 87.8 cm³/mol. The lowest BCUT2D eigenvalue weighted by Gasteiger charge is -2.28. The van der Waals surface area contributed by atoms with E-state index >= 15 is 0 Å². The van der Waals surface area contributed by atoms with Crippen LogP contribution in [-0.2, 0) is 11.3 Å². The minimum atomic E-state index is -0.283. The van der Waals surface area contributed by atoms with Gasteiger partial charge in [-0.2, -0.15) is 5.10 Å². The molecule has 0 radical (unpaired) electrons. The zero-order chi connectivity index (χ0) is 17.1. The van der Waals surface area contributed by atoms with E-state index in [1.807, 2.05) is 31.5 Å². The van der Waals surface area contributed by atoms with E-state index in [1.165, 1.54) is 0 Å². The third-order valence-electron chi connectivity index (χ3n) is 4.03. The lowest BCUT2D eigenvalue weighted by molar-refractivity contribution is -0.126. The number of nitrogens with zero attached hydrogens (tertiary/aromatic N) is 3. The fourth-order valence-electron chi connectivity index (χ4n) is 2.88. The van der Waals surface area contributed by atoms with Gasteiger partial charge in [0.1, 0.15) is 0 Å². The van der Waals surface area contributed by atoms with Gasteiger partial charge in [-0.1, -0.05) is 0 Å². The number of rotatable bonds is 5. The van der Waals surface area contributed by atoms with Crippen molar-refractivity contribution in [2.75, 3.05) is 13.6 Å². The summed E-state index contributed by atoms with van der Waals surface area (Å²) in [5, 5.41) is 9.79. The summed E-state index contributed by atoms with van der Waals surface area (Å²) < 4.78 is 1.96. The van der Waals surface area contributed by atoms with E-state index in [0.717, 1.165) is 24.4 Å². The van der Waals surface area contributed by atoms with E-state index in [9.17, 15) is 9.59 Å². The van der Waals surface area contributed by atoms with Crippen molar-refractivity contribution in [3.63, 3.8) is 0 Å². The maximum Gasteiger partial charge on any atom is 0.319 e. The number of hydrogen-bond donors (Lipinski definition) is 2. The first-order chi connectivity index (χ1) is 10.8. The number of urea groups is 1. The molecule has 2 rings (SSSR count). The van der Waals surface area contributed by atoms with Crippen LogP contribution in [0.2, 0.25) is 0 Å². The van der Waals surface area contributed by atoms with Crippen LogP contribution in [-0.4, -0.2) is 46.3 Å². The standard InChI is InChI=1S/C16H25N5O2/c1-10-9-11(2)21(19-10)8-6-7-20(5)15(22)14-12(3)17-16(23)18-13(14)4/h9,12H,6-8H2,1-5H3,(H2,17,18,23). The van der Waals surface area contributed by atoms with Crippen LogP contribution < -0.4 is 10.6 Å². The molecular weight excluding hydrogens is 294 g/mol. The number of amides is 3. The molecule has 1 aliphatic heterocycles. The highest BCUT2D eigenvalue weighted by Crippen LogP contribution is 2.14. The Labute approximate surface area is 136 Å². The lowest BCUT2D eigenvalue weighted by atomic mass is 10.0.